The van der Waals surface area contributed by atoms with E-state index in [1.807, 2.05) is 23.5 Å². The second kappa shape index (κ2) is 8.17. The zero-order valence-electron chi connectivity index (χ0n) is 14.2. The number of rotatable bonds is 7. The third-order valence-electron chi connectivity index (χ3n) is 4.27. The van der Waals surface area contributed by atoms with Crippen LogP contribution in [-0.2, 0) is 12.8 Å². The highest BCUT2D eigenvalue weighted by atomic mass is 79.9. The van der Waals surface area contributed by atoms with Gasteiger partial charge >= 0.3 is 0 Å². The van der Waals surface area contributed by atoms with Gasteiger partial charge in [-0.25, -0.2) is 0 Å². The monoisotopic (exact) mass is 406 g/mol. The predicted molar refractivity (Wildman–Crippen MR) is 106 cm³/mol. The molecule has 0 aliphatic carbocycles. The maximum atomic E-state index is 5.50. The van der Waals surface area contributed by atoms with Gasteiger partial charge in [0.05, 0.1) is 13.7 Å². The molecule has 3 rings (SSSR count). The molecule has 5 heteroatoms. The molecule has 1 aromatic carbocycles. The first-order chi connectivity index (χ1) is 11.7. The van der Waals surface area contributed by atoms with E-state index in [1.54, 1.807) is 7.11 Å². The first kappa shape index (κ1) is 17.5. The minimum absolute atomic E-state index is 0.921. The fourth-order valence-corrected chi connectivity index (χ4v) is 4.43. The molecule has 24 heavy (non-hydrogen) atoms. The summed E-state index contributed by atoms with van der Waals surface area (Å²) in [6.07, 6.45) is 3.14. The molecule has 0 fully saturated rings. The van der Waals surface area contributed by atoms with Gasteiger partial charge in [-0.15, -0.1) is 11.3 Å². The first-order valence-electron chi connectivity index (χ1n) is 8.41. The number of aliphatic imine (C=N–C) groups is 1. The van der Waals surface area contributed by atoms with Crippen molar-refractivity contribution < 1.29 is 4.74 Å². The highest BCUT2D eigenvalue weighted by molar-refractivity contribution is 9.10. The van der Waals surface area contributed by atoms with Crippen molar-refractivity contribution in [1.29, 1.82) is 0 Å². The first-order valence-corrected chi connectivity index (χ1v) is 10.1. The maximum absolute atomic E-state index is 5.50. The molecule has 0 amide bonds. The van der Waals surface area contributed by atoms with Crippen LogP contribution in [0.1, 0.15) is 29.3 Å². The summed E-state index contributed by atoms with van der Waals surface area (Å²) in [5, 5.41) is 2.19. The molecule has 1 aliphatic rings. The zero-order chi connectivity index (χ0) is 16.9. The van der Waals surface area contributed by atoms with E-state index in [2.05, 4.69) is 45.3 Å². The highest BCUT2D eigenvalue weighted by Crippen LogP contribution is 2.27. The Balaban J connectivity index is 1.76. The van der Waals surface area contributed by atoms with Gasteiger partial charge in [-0.1, -0.05) is 22.9 Å². The molecule has 0 bridgehead atoms. The van der Waals surface area contributed by atoms with Crippen molar-refractivity contribution in [2.75, 3.05) is 26.7 Å². The van der Waals surface area contributed by atoms with Crippen molar-refractivity contribution in [3.8, 4) is 5.75 Å². The fraction of sp³-hybridized carbons (Fsp3) is 0.421. The second-order valence-electron chi connectivity index (χ2n) is 5.91. The topological polar surface area (TPSA) is 24.8 Å². The van der Waals surface area contributed by atoms with Crippen molar-refractivity contribution >= 4 is 33.1 Å². The Labute approximate surface area is 156 Å². The van der Waals surface area contributed by atoms with Gasteiger partial charge in [0, 0.05) is 28.0 Å². The molecule has 2 heterocycles. The van der Waals surface area contributed by atoms with E-state index < -0.39 is 0 Å². The van der Waals surface area contributed by atoms with E-state index in [4.69, 9.17) is 9.73 Å². The standard InChI is InChI=1S/C19H23BrN2OS/c1-3-10-22-11-9-21-19(22)16-8-12-24-18(16)7-4-14-13-15(20)5-6-17(14)23-2/h5-6,8,12-13H,3-4,7,9-11H2,1-2H3. The molecule has 0 spiro atoms. The summed E-state index contributed by atoms with van der Waals surface area (Å²) in [7, 11) is 1.74. The number of thiophene rings is 1. The molecule has 128 valence electrons. The van der Waals surface area contributed by atoms with Gasteiger partial charge < -0.3 is 9.64 Å². The van der Waals surface area contributed by atoms with Crippen LogP contribution in [0.3, 0.4) is 0 Å². The van der Waals surface area contributed by atoms with E-state index in [1.165, 1.54) is 21.8 Å². The third-order valence-corrected chi connectivity index (χ3v) is 5.75. The number of benzene rings is 1. The van der Waals surface area contributed by atoms with E-state index in [-0.39, 0.29) is 0 Å². The average Bonchev–Trinajstić information content (AvgIpc) is 3.22. The Morgan fingerprint density at radius 3 is 2.96 bits per heavy atom. The number of ether oxygens (including phenoxy) is 1. The second-order valence-corrected chi connectivity index (χ2v) is 7.82. The van der Waals surface area contributed by atoms with E-state index in [0.717, 1.165) is 49.1 Å². The quantitative estimate of drug-likeness (QED) is 0.660. The largest absolute Gasteiger partial charge is 0.496 e. The number of nitrogens with zero attached hydrogens (tertiary/aromatic N) is 2. The lowest BCUT2D eigenvalue weighted by atomic mass is 10.1. The number of halogens is 1. The van der Waals surface area contributed by atoms with Gasteiger partial charge in [0.25, 0.3) is 0 Å². The zero-order valence-corrected chi connectivity index (χ0v) is 16.6. The fourth-order valence-electron chi connectivity index (χ4n) is 3.15. The van der Waals surface area contributed by atoms with E-state index in [9.17, 15) is 0 Å². The van der Waals surface area contributed by atoms with Crippen LogP contribution >= 0.6 is 27.3 Å². The minimum atomic E-state index is 0.921. The molecule has 0 atom stereocenters. The number of aryl methyl sites for hydroxylation is 2. The lowest BCUT2D eigenvalue weighted by Gasteiger charge is -2.19. The summed E-state index contributed by atoms with van der Waals surface area (Å²) in [5.74, 6) is 2.15. The van der Waals surface area contributed by atoms with E-state index in [0.29, 0.717) is 0 Å². The summed E-state index contributed by atoms with van der Waals surface area (Å²) in [4.78, 5) is 8.60. The van der Waals surface area contributed by atoms with E-state index >= 15 is 0 Å². The normalized spacial score (nSPS) is 14.1. The van der Waals surface area contributed by atoms with Crippen molar-refractivity contribution in [1.82, 2.24) is 4.90 Å². The third kappa shape index (κ3) is 3.83. The lowest BCUT2D eigenvalue weighted by Crippen LogP contribution is -2.29. The summed E-state index contributed by atoms with van der Waals surface area (Å²) >= 11 is 5.39. The molecule has 0 radical (unpaired) electrons. The lowest BCUT2D eigenvalue weighted by molar-refractivity contribution is 0.409. The Bertz CT molecular complexity index is 726. The summed E-state index contributed by atoms with van der Waals surface area (Å²) < 4.78 is 6.60. The molecule has 0 unspecified atom stereocenters. The van der Waals surface area contributed by atoms with Crippen molar-refractivity contribution in [2.24, 2.45) is 4.99 Å². The Morgan fingerprint density at radius 1 is 1.29 bits per heavy atom. The van der Waals surface area contributed by atoms with Gasteiger partial charge in [0.1, 0.15) is 11.6 Å². The van der Waals surface area contributed by atoms with Crippen LogP contribution in [0.15, 0.2) is 39.1 Å². The highest BCUT2D eigenvalue weighted by Gasteiger charge is 2.21. The van der Waals surface area contributed by atoms with Gasteiger partial charge in [0.15, 0.2) is 0 Å². The molecule has 1 aromatic heterocycles. The number of hydrogen-bond acceptors (Lipinski definition) is 4. The Morgan fingerprint density at radius 2 is 2.17 bits per heavy atom. The van der Waals surface area contributed by atoms with Crippen LogP contribution in [0, 0.1) is 0 Å². The van der Waals surface area contributed by atoms with Crippen LogP contribution < -0.4 is 4.74 Å². The van der Waals surface area contributed by atoms with Crippen molar-refractivity contribution in [3.05, 3.63) is 50.1 Å². The molecule has 0 saturated carbocycles. The molecule has 3 nitrogen and oxygen atoms in total. The van der Waals surface area contributed by atoms with Gasteiger partial charge in [0.2, 0.25) is 0 Å². The van der Waals surface area contributed by atoms with Crippen LogP contribution in [-0.4, -0.2) is 37.5 Å². The van der Waals surface area contributed by atoms with Crippen LogP contribution in [0.4, 0.5) is 0 Å². The van der Waals surface area contributed by atoms with Crippen LogP contribution in [0.2, 0.25) is 0 Å². The smallest absolute Gasteiger partial charge is 0.132 e. The molecule has 1 aliphatic heterocycles. The Hall–Kier alpha value is -1.33. The van der Waals surface area contributed by atoms with Crippen molar-refractivity contribution in [2.45, 2.75) is 26.2 Å². The van der Waals surface area contributed by atoms with Crippen LogP contribution in [0.25, 0.3) is 0 Å². The summed E-state index contributed by atoms with van der Waals surface area (Å²) in [6, 6.07) is 8.43. The Kier molecular flexibility index (Phi) is 5.95. The molecular weight excluding hydrogens is 384 g/mol. The number of amidine groups is 1. The summed E-state index contributed by atoms with van der Waals surface area (Å²) in [5.41, 5.74) is 2.56. The van der Waals surface area contributed by atoms with Gasteiger partial charge in [-0.2, -0.15) is 0 Å². The molecule has 0 saturated heterocycles. The maximum Gasteiger partial charge on any atom is 0.132 e. The SMILES string of the molecule is CCCN1CCN=C1c1ccsc1CCc1cc(Br)ccc1OC. The molecular formula is C19H23BrN2OS. The van der Waals surface area contributed by atoms with Crippen molar-refractivity contribution in [3.63, 3.8) is 0 Å². The molecule has 2 aromatic rings. The van der Waals surface area contributed by atoms with Gasteiger partial charge in [-0.05, 0) is 54.5 Å². The van der Waals surface area contributed by atoms with Gasteiger partial charge in [-0.3, -0.25) is 4.99 Å². The average molecular weight is 407 g/mol. The summed E-state index contributed by atoms with van der Waals surface area (Å²) in [6.45, 7) is 5.29. The minimum Gasteiger partial charge on any atom is -0.496 e. The number of methoxy groups -OCH3 is 1. The number of hydrogen-bond donors (Lipinski definition) is 0. The van der Waals surface area contributed by atoms with Crippen LogP contribution in [0.5, 0.6) is 5.75 Å². The molecule has 0 N–H and O–H groups in total. The predicted octanol–water partition coefficient (Wildman–Crippen LogP) is 4.78.